The van der Waals surface area contributed by atoms with Gasteiger partial charge in [0, 0.05) is 5.56 Å². The van der Waals surface area contributed by atoms with Crippen molar-refractivity contribution in [1.82, 2.24) is 9.97 Å². The van der Waals surface area contributed by atoms with Gasteiger partial charge in [-0.05, 0) is 24.3 Å². The molecule has 2 N–H and O–H groups in total. The Morgan fingerprint density at radius 2 is 1.90 bits per heavy atom. The van der Waals surface area contributed by atoms with Gasteiger partial charge in [-0.15, -0.1) is 0 Å². The van der Waals surface area contributed by atoms with Crippen molar-refractivity contribution in [3.63, 3.8) is 0 Å². The van der Waals surface area contributed by atoms with E-state index in [1.165, 1.54) is 7.11 Å². The second-order valence-corrected chi connectivity index (χ2v) is 3.83. The van der Waals surface area contributed by atoms with E-state index in [-0.39, 0.29) is 5.82 Å². The first-order valence-corrected chi connectivity index (χ1v) is 5.63. The van der Waals surface area contributed by atoms with Gasteiger partial charge in [0.25, 0.3) is 5.56 Å². The van der Waals surface area contributed by atoms with Gasteiger partial charge >= 0.3 is 5.97 Å². The molecule has 2 aromatic rings. The number of methoxy groups -OCH3 is 2. The standard InChI is InChI=1S/C13H12N2O5/c1-19-8-5-3-7(4-6-8)11-14-9(13(18)20-2)10(16)12(17)15-11/h3-6,16H,1-2H3,(H,14,15,17). The molecule has 104 valence electrons. The summed E-state index contributed by atoms with van der Waals surface area (Å²) in [5.41, 5.74) is -0.679. The zero-order valence-electron chi connectivity index (χ0n) is 10.8. The van der Waals surface area contributed by atoms with Crippen LogP contribution >= 0.6 is 0 Å². The molecule has 7 nitrogen and oxygen atoms in total. The minimum Gasteiger partial charge on any atom is -0.501 e. The van der Waals surface area contributed by atoms with E-state index in [0.717, 1.165) is 7.11 Å². The smallest absolute Gasteiger partial charge is 0.360 e. The molecule has 0 atom stereocenters. The van der Waals surface area contributed by atoms with Crippen LogP contribution in [0.25, 0.3) is 11.4 Å². The molecule has 2 rings (SSSR count). The monoisotopic (exact) mass is 276 g/mol. The molecule has 1 aromatic carbocycles. The number of ether oxygens (including phenoxy) is 2. The number of hydrogen-bond acceptors (Lipinski definition) is 6. The maximum Gasteiger partial charge on any atom is 0.360 e. The summed E-state index contributed by atoms with van der Waals surface area (Å²) in [5, 5.41) is 9.53. The number of aromatic amines is 1. The SMILES string of the molecule is COC(=O)c1nc(-c2ccc(OC)cc2)[nH]c(=O)c1O. The Morgan fingerprint density at radius 3 is 2.45 bits per heavy atom. The molecule has 0 aliphatic rings. The fourth-order valence-electron chi connectivity index (χ4n) is 1.59. The molecule has 0 radical (unpaired) electrons. The molecule has 7 heteroatoms. The normalized spacial score (nSPS) is 10.1. The molecule has 0 aliphatic heterocycles. The molecule has 1 heterocycles. The number of rotatable bonds is 3. The van der Waals surface area contributed by atoms with Gasteiger partial charge in [-0.25, -0.2) is 9.78 Å². The van der Waals surface area contributed by atoms with E-state index >= 15 is 0 Å². The van der Waals surface area contributed by atoms with Crippen LogP contribution in [-0.2, 0) is 4.74 Å². The number of carbonyl (C=O) groups excluding carboxylic acids is 1. The van der Waals surface area contributed by atoms with Gasteiger partial charge in [0.1, 0.15) is 11.6 Å². The Labute approximate surface area is 113 Å². The third-order valence-corrected chi connectivity index (χ3v) is 2.64. The maximum absolute atomic E-state index is 11.6. The number of H-pyrrole nitrogens is 1. The van der Waals surface area contributed by atoms with E-state index in [1.807, 2.05) is 0 Å². The Kier molecular flexibility index (Phi) is 3.69. The first-order valence-electron chi connectivity index (χ1n) is 5.63. The number of nitrogens with one attached hydrogen (secondary N) is 1. The van der Waals surface area contributed by atoms with Crippen molar-refractivity contribution in [3.05, 3.63) is 40.3 Å². The molecule has 0 fully saturated rings. The Balaban J connectivity index is 2.54. The van der Waals surface area contributed by atoms with Crippen molar-refractivity contribution in [2.75, 3.05) is 14.2 Å². The number of nitrogens with zero attached hydrogens (tertiary/aromatic N) is 1. The van der Waals surface area contributed by atoms with E-state index in [2.05, 4.69) is 14.7 Å². The van der Waals surface area contributed by atoms with Crippen molar-refractivity contribution < 1.29 is 19.4 Å². The van der Waals surface area contributed by atoms with E-state index in [0.29, 0.717) is 11.3 Å². The van der Waals surface area contributed by atoms with Crippen LogP contribution in [-0.4, -0.2) is 35.3 Å². The second-order valence-electron chi connectivity index (χ2n) is 3.83. The summed E-state index contributed by atoms with van der Waals surface area (Å²) in [5.74, 6) is -0.864. The summed E-state index contributed by atoms with van der Waals surface area (Å²) in [6.45, 7) is 0. The average Bonchev–Trinajstić information content (AvgIpc) is 2.49. The Morgan fingerprint density at radius 1 is 1.25 bits per heavy atom. The number of esters is 1. The van der Waals surface area contributed by atoms with Crippen molar-refractivity contribution in [3.8, 4) is 22.9 Å². The van der Waals surface area contributed by atoms with Crippen LogP contribution in [0.1, 0.15) is 10.5 Å². The first kappa shape index (κ1) is 13.6. The minimum atomic E-state index is -0.886. The number of aromatic hydroxyl groups is 1. The van der Waals surface area contributed by atoms with Gasteiger partial charge < -0.3 is 19.6 Å². The number of carbonyl (C=O) groups is 1. The van der Waals surface area contributed by atoms with E-state index in [4.69, 9.17) is 4.74 Å². The molecule has 0 bridgehead atoms. The van der Waals surface area contributed by atoms with Crippen LogP contribution in [0.2, 0.25) is 0 Å². The van der Waals surface area contributed by atoms with Gasteiger partial charge in [-0.3, -0.25) is 4.79 Å². The highest BCUT2D eigenvalue weighted by Crippen LogP contribution is 2.20. The molecular formula is C13H12N2O5. The maximum atomic E-state index is 11.6. The van der Waals surface area contributed by atoms with Crippen LogP contribution in [0.15, 0.2) is 29.1 Å². The molecule has 1 aromatic heterocycles. The lowest BCUT2D eigenvalue weighted by molar-refractivity contribution is 0.0590. The average molecular weight is 276 g/mol. The summed E-state index contributed by atoms with van der Waals surface area (Å²) >= 11 is 0. The van der Waals surface area contributed by atoms with E-state index < -0.39 is 23.0 Å². The molecule has 0 aliphatic carbocycles. The summed E-state index contributed by atoms with van der Waals surface area (Å²) in [7, 11) is 2.67. The second kappa shape index (κ2) is 5.43. The number of aromatic nitrogens is 2. The summed E-state index contributed by atoms with van der Waals surface area (Å²) in [4.78, 5) is 29.3. The first-order chi connectivity index (χ1) is 9.56. The Bertz CT molecular complexity index is 691. The van der Waals surface area contributed by atoms with E-state index in [9.17, 15) is 14.7 Å². The fourth-order valence-corrected chi connectivity index (χ4v) is 1.59. The van der Waals surface area contributed by atoms with E-state index in [1.54, 1.807) is 24.3 Å². The predicted molar refractivity (Wildman–Crippen MR) is 69.9 cm³/mol. The fraction of sp³-hybridized carbons (Fsp3) is 0.154. The molecule has 0 unspecified atom stereocenters. The third-order valence-electron chi connectivity index (χ3n) is 2.64. The predicted octanol–water partition coefficient (Wildman–Crippen LogP) is 0.938. The van der Waals surface area contributed by atoms with Crippen LogP contribution in [0.5, 0.6) is 11.5 Å². The lowest BCUT2D eigenvalue weighted by atomic mass is 10.2. The quantitative estimate of drug-likeness (QED) is 0.809. The topological polar surface area (TPSA) is 102 Å². The summed E-state index contributed by atoms with van der Waals surface area (Å²) in [6, 6.07) is 6.68. The molecule has 20 heavy (non-hydrogen) atoms. The highest BCUT2D eigenvalue weighted by Gasteiger charge is 2.18. The largest absolute Gasteiger partial charge is 0.501 e. The van der Waals surface area contributed by atoms with Gasteiger partial charge in [-0.1, -0.05) is 0 Å². The lowest BCUT2D eigenvalue weighted by Crippen LogP contribution is -2.16. The molecule has 0 spiro atoms. The highest BCUT2D eigenvalue weighted by molar-refractivity contribution is 5.90. The number of benzene rings is 1. The zero-order chi connectivity index (χ0) is 14.7. The minimum absolute atomic E-state index is 0.149. The van der Waals surface area contributed by atoms with Crippen LogP contribution in [0.3, 0.4) is 0 Å². The van der Waals surface area contributed by atoms with Gasteiger partial charge in [0.05, 0.1) is 14.2 Å². The van der Waals surface area contributed by atoms with Crippen molar-refractivity contribution in [2.24, 2.45) is 0 Å². The summed E-state index contributed by atoms with van der Waals surface area (Å²) < 4.78 is 9.49. The van der Waals surface area contributed by atoms with Gasteiger partial charge in [-0.2, -0.15) is 0 Å². The van der Waals surface area contributed by atoms with Crippen LogP contribution in [0.4, 0.5) is 0 Å². The molecule has 0 amide bonds. The van der Waals surface area contributed by atoms with Crippen LogP contribution in [0, 0.1) is 0 Å². The summed E-state index contributed by atoms with van der Waals surface area (Å²) in [6.07, 6.45) is 0. The van der Waals surface area contributed by atoms with Crippen LogP contribution < -0.4 is 10.3 Å². The third kappa shape index (κ3) is 2.46. The van der Waals surface area contributed by atoms with Crippen molar-refractivity contribution in [2.45, 2.75) is 0 Å². The molecule has 0 saturated heterocycles. The molecular weight excluding hydrogens is 264 g/mol. The Hall–Kier alpha value is -2.83. The number of hydrogen-bond donors (Lipinski definition) is 2. The van der Waals surface area contributed by atoms with Crippen molar-refractivity contribution >= 4 is 5.97 Å². The zero-order valence-corrected chi connectivity index (χ0v) is 10.8. The van der Waals surface area contributed by atoms with Gasteiger partial charge in [0.2, 0.25) is 5.75 Å². The van der Waals surface area contributed by atoms with Crippen molar-refractivity contribution in [1.29, 1.82) is 0 Å². The van der Waals surface area contributed by atoms with Gasteiger partial charge in [0.15, 0.2) is 5.69 Å². The lowest BCUT2D eigenvalue weighted by Gasteiger charge is -2.06. The highest BCUT2D eigenvalue weighted by atomic mass is 16.5. The molecule has 0 saturated carbocycles.